The minimum absolute atomic E-state index is 0.0530. The third-order valence-corrected chi connectivity index (χ3v) is 4.44. The van der Waals surface area contributed by atoms with Crippen LogP contribution in [0.15, 0.2) is 18.2 Å². The number of carbonyl (C=O) groups is 1. The van der Waals surface area contributed by atoms with Crippen LogP contribution < -0.4 is 10.1 Å². The number of likely N-dealkylation sites (tertiary alicyclic amines) is 1. The van der Waals surface area contributed by atoms with Gasteiger partial charge in [0.1, 0.15) is 5.75 Å². The summed E-state index contributed by atoms with van der Waals surface area (Å²) in [6.45, 7) is 4.65. The Bertz CT molecular complexity index is 485. The first-order valence-corrected chi connectivity index (χ1v) is 7.80. The van der Waals surface area contributed by atoms with E-state index in [0.29, 0.717) is 16.7 Å². The molecule has 2 rings (SSSR count). The van der Waals surface area contributed by atoms with Gasteiger partial charge in [0.15, 0.2) is 6.61 Å². The van der Waals surface area contributed by atoms with Crippen LogP contribution in [0.4, 0.5) is 0 Å². The predicted octanol–water partition coefficient (Wildman–Crippen LogP) is 2.49. The lowest BCUT2D eigenvalue weighted by molar-refractivity contribution is -0.134. The molecule has 0 spiro atoms. The smallest absolute Gasteiger partial charge is 0.260 e. The van der Waals surface area contributed by atoms with Gasteiger partial charge in [-0.05, 0) is 51.4 Å². The highest BCUT2D eigenvalue weighted by Crippen LogP contribution is 2.25. The molecule has 1 amide bonds. The Kier molecular flexibility index (Phi) is 5.88. The zero-order chi connectivity index (χ0) is 15.2. The Morgan fingerprint density at radius 2 is 2.14 bits per heavy atom. The van der Waals surface area contributed by atoms with Gasteiger partial charge in [0.25, 0.3) is 5.91 Å². The number of amides is 1. The van der Waals surface area contributed by atoms with E-state index in [0.717, 1.165) is 38.0 Å². The minimum atomic E-state index is 0.0530. The maximum atomic E-state index is 12.2. The molecule has 5 heteroatoms. The largest absolute Gasteiger partial charge is 0.483 e. The molecule has 21 heavy (non-hydrogen) atoms. The number of nitrogens with zero attached hydrogens (tertiary/aromatic N) is 1. The second-order valence-electron chi connectivity index (χ2n) is 5.53. The highest BCUT2D eigenvalue weighted by atomic mass is 35.5. The number of nitrogens with one attached hydrogen (secondary N) is 1. The average Bonchev–Trinajstić information content (AvgIpc) is 2.49. The topological polar surface area (TPSA) is 41.6 Å². The van der Waals surface area contributed by atoms with Gasteiger partial charge in [0, 0.05) is 23.7 Å². The lowest BCUT2D eigenvalue weighted by atomic mass is 9.97. The Labute approximate surface area is 131 Å². The van der Waals surface area contributed by atoms with Crippen LogP contribution in [0.25, 0.3) is 0 Å². The molecule has 0 radical (unpaired) electrons. The molecule has 0 aliphatic carbocycles. The molecule has 0 aromatic heterocycles. The standard InChI is InChI=1S/C16H23ClN2O2/c1-12-14(17)4-3-5-15(12)21-11-16(20)19-8-6-13(7-9-19)10-18-2/h3-5,13,18H,6-11H2,1-2H3. The number of halogens is 1. The molecule has 0 atom stereocenters. The van der Waals surface area contributed by atoms with Crippen LogP contribution in [0.1, 0.15) is 18.4 Å². The van der Waals surface area contributed by atoms with Gasteiger partial charge in [-0.2, -0.15) is 0 Å². The van der Waals surface area contributed by atoms with Crippen molar-refractivity contribution < 1.29 is 9.53 Å². The summed E-state index contributed by atoms with van der Waals surface area (Å²) < 4.78 is 5.62. The molecule has 1 aromatic carbocycles. The van der Waals surface area contributed by atoms with Gasteiger partial charge in [-0.15, -0.1) is 0 Å². The number of ether oxygens (including phenoxy) is 1. The van der Waals surface area contributed by atoms with Crippen LogP contribution >= 0.6 is 11.6 Å². The third kappa shape index (κ3) is 4.35. The highest BCUT2D eigenvalue weighted by Gasteiger charge is 2.22. The summed E-state index contributed by atoms with van der Waals surface area (Å²) in [6.07, 6.45) is 2.12. The first-order valence-electron chi connectivity index (χ1n) is 7.42. The van der Waals surface area contributed by atoms with Crippen molar-refractivity contribution in [1.29, 1.82) is 0 Å². The van der Waals surface area contributed by atoms with Gasteiger partial charge in [0.2, 0.25) is 0 Å². The molecule has 4 nitrogen and oxygen atoms in total. The van der Waals surface area contributed by atoms with Gasteiger partial charge >= 0.3 is 0 Å². The molecule has 0 saturated carbocycles. The van der Waals surface area contributed by atoms with Crippen molar-refractivity contribution in [2.24, 2.45) is 5.92 Å². The number of hydrogen-bond donors (Lipinski definition) is 1. The van der Waals surface area contributed by atoms with Crippen molar-refractivity contribution >= 4 is 17.5 Å². The fourth-order valence-corrected chi connectivity index (χ4v) is 2.82. The van der Waals surface area contributed by atoms with Crippen molar-refractivity contribution in [2.45, 2.75) is 19.8 Å². The molecule has 1 aromatic rings. The molecule has 1 heterocycles. The zero-order valence-electron chi connectivity index (χ0n) is 12.7. The Morgan fingerprint density at radius 1 is 1.43 bits per heavy atom. The molecular weight excluding hydrogens is 288 g/mol. The molecule has 1 N–H and O–H groups in total. The van der Waals surface area contributed by atoms with Gasteiger partial charge in [0.05, 0.1) is 0 Å². The van der Waals surface area contributed by atoms with Gasteiger partial charge in [-0.3, -0.25) is 4.79 Å². The second kappa shape index (κ2) is 7.66. The van der Waals surface area contributed by atoms with Gasteiger partial charge in [-0.25, -0.2) is 0 Å². The molecule has 0 unspecified atom stereocenters. The summed E-state index contributed by atoms with van der Waals surface area (Å²) >= 11 is 6.04. The van der Waals surface area contributed by atoms with Crippen molar-refractivity contribution in [1.82, 2.24) is 10.2 Å². The van der Waals surface area contributed by atoms with Crippen LogP contribution in [0.5, 0.6) is 5.75 Å². The molecule has 1 aliphatic rings. The fraction of sp³-hybridized carbons (Fsp3) is 0.562. The fourth-order valence-electron chi connectivity index (χ4n) is 2.65. The number of carbonyl (C=O) groups excluding carboxylic acids is 1. The van der Waals surface area contributed by atoms with E-state index >= 15 is 0 Å². The summed E-state index contributed by atoms with van der Waals surface area (Å²) in [4.78, 5) is 14.1. The van der Waals surface area contributed by atoms with Crippen LogP contribution in [0.2, 0.25) is 5.02 Å². The third-order valence-electron chi connectivity index (χ3n) is 4.03. The van der Waals surface area contributed by atoms with Crippen molar-refractivity contribution in [3.8, 4) is 5.75 Å². The lowest BCUT2D eigenvalue weighted by Gasteiger charge is -2.31. The number of rotatable bonds is 5. The Hall–Kier alpha value is -1.26. The molecule has 1 fully saturated rings. The van der Waals surface area contributed by atoms with Crippen molar-refractivity contribution in [3.05, 3.63) is 28.8 Å². The van der Waals surface area contributed by atoms with Crippen LogP contribution in [0.3, 0.4) is 0 Å². The summed E-state index contributed by atoms with van der Waals surface area (Å²) in [5, 5.41) is 3.86. The SMILES string of the molecule is CNCC1CCN(C(=O)COc2cccc(Cl)c2C)CC1. The number of piperidine rings is 1. The zero-order valence-corrected chi connectivity index (χ0v) is 13.4. The maximum absolute atomic E-state index is 12.2. The Morgan fingerprint density at radius 3 is 2.81 bits per heavy atom. The van der Waals surface area contributed by atoms with E-state index in [1.165, 1.54) is 0 Å². The summed E-state index contributed by atoms with van der Waals surface area (Å²) in [7, 11) is 1.97. The van der Waals surface area contributed by atoms with E-state index in [1.54, 1.807) is 0 Å². The normalized spacial score (nSPS) is 16.0. The molecule has 116 valence electrons. The van der Waals surface area contributed by atoms with Gasteiger partial charge in [-0.1, -0.05) is 17.7 Å². The van der Waals surface area contributed by atoms with Crippen molar-refractivity contribution in [3.63, 3.8) is 0 Å². The predicted molar refractivity (Wildman–Crippen MR) is 84.9 cm³/mol. The van der Waals surface area contributed by atoms with E-state index in [4.69, 9.17) is 16.3 Å². The second-order valence-corrected chi connectivity index (χ2v) is 5.94. The highest BCUT2D eigenvalue weighted by molar-refractivity contribution is 6.31. The van der Waals surface area contributed by atoms with Crippen molar-refractivity contribution in [2.75, 3.05) is 33.3 Å². The van der Waals surface area contributed by atoms with E-state index in [2.05, 4.69) is 5.32 Å². The summed E-state index contributed by atoms with van der Waals surface area (Å²) in [6, 6.07) is 5.49. The Balaban J connectivity index is 1.81. The number of benzene rings is 1. The van der Waals surface area contributed by atoms with E-state index < -0.39 is 0 Å². The molecule has 0 bridgehead atoms. The van der Waals surface area contributed by atoms with E-state index in [1.807, 2.05) is 37.1 Å². The van der Waals surface area contributed by atoms with E-state index in [9.17, 15) is 4.79 Å². The van der Waals surface area contributed by atoms with E-state index in [-0.39, 0.29) is 12.5 Å². The monoisotopic (exact) mass is 310 g/mol. The lowest BCUT2D eigenvalue weighted by Crippen LogP contribution is -2.42. The van der Waals surface area contributed by atoms with Crippen LogP contribution in [0, 0.1) is 12.8 Å². The van der Waals surface area contributed by atoms with Crippen LogP contribution in [-0.4, -0.2) is 44.1 Å². The molecular formula is C16H23ClN2O2. The summed E-state index contributed by atoms with van der Waals surface area (Å²) in [5.74, 6) is 1.41. The average molecular weight is 311 g/mol. The first-order chi connectivity index (χ1) is 10.1. The molecule has 1 aliphatic heterocycles. The molecule has 1 saturated heterocycles. The first kappa shape index (κ1) is 16.1. The van der Waals surface area contributed by atoms with Crippen LogP contribution in [-0.2, 0) is 4.79 Å². The minimum Gasteiger partial charge on any atom is -0.483 e. The van der Waals surface area contributed by atoms with Gasteiger partial charge < -0.3 is 15.0 Å². The maximum Gasteiger partial charge on any atom is 0.260 e. The quantitative estimate of drug-likeness (QED) is 0.908. The number of hydrogen-bond acceptors (Lipinski definition) is 3. The summed E-state index contributed by atoms with van der Waals surface area (Å²) in [5.41, 5.74) is 0.875.